The Labute approximate surface area is 140 Å². The first-order chi connectivity index (χ1) is 11.8. The fraction of sp³-hybridized carbons (Fsp3) is 0.211. The maximum atomic E-state index is 8.98. The van der Waals surface area contributed by atoms with Gasteiger partial charge in [0.05, 0.1) is 11.4 Å². The van der Waals surface area contributed by atoms with Gasteiger partial charge in [0, 0.05) is 42.0 Å². The minimum Gasteiger partial charge on any atom is -0.310 e. The van der Waals surface area contributed by atoms with Crippen molar-refractivity contribution in [3.63, 3.8) is 0 Å². The van der Waals surface area contributed by atoms with Gasteiger partial charge in [-0.1, -0.05) is 30.3 Å². The van der Waals surface area contributed by atoms with Crippen LogP contribution in [0.15, 0.2) is 54.7 Å². The zero-order valence-electron chi connectivity index (χ0n) is 13.2. The summed E-state index contributed by atoms with van der Waals surface area (Å²) < 4.78 is 0. The molecule has 1 aromatic carbocycles. The van der Waals surface area contributed by atoms with Crippen LogP contribution in [0.5, 0.6) is 0 Å². The Hall–Kier alpha value is -3.13. The molecule has 3 aromatic rings. The lowest BCUT2D eigenvalue weighted by Crippen LogP contribution is -2.12. The molecule has 0 amide bonds. The molecule has 4 rings (SSSR count). The van der Waals surface area contributed by atoms with E-state index < -0.39 is 0 Å². The van der Waals surface area contributed by atoms with Gasteiger partial charge in [-0.2, -0.15) is 10.4 Å². The number of benzene rings is 1. The van der Waals surface area contributed by atoms with Crippen molar-refractivity contribution in [3.8, 4) is 28.7 Å². The molecule has 1 fully saturated rings. The molecule has 0 radical (unpaired) electrons. The Morgan fingerprint density at radius 2 is 1.96 bits per heavy atom. The first-order valence-corrected chi connectivity index (χ1v) is 8.05. The van der Waals surface area contributed by atoms with Crippen LogP contribution in [0.1, 0.15) is 18.0 Å². The van der Waals surface area contributed by atoms with Crippen LogP contribution in [0.3, 0.4) is 0 Å². The highest BCUT2D eigenvalue weighted by molar-refractivity contribution is 5.64. The second-order valence-electron chi connectivity index (χ2n) is 6.04. The van der Waals surface area contributed by atoms with Crippen LogP contribution in [-0.2, 0) is 0 Å². The summed E-state index contributed by atoms with van der Waals surface area (Å²) in [6, 6.07) is 16.3. The van der Waals surface area contributed by atoms with Gasteiger partial charge in [-0.25, -0.2) is 0 Å². The molecule has 0 spiro atoms. The minimum atomic E-state index is 0.349. The molecule has 5 nitrogen and oxygen atoms in total. The maximum absolute atomic E-state index is 8.98. The SMILES string of the molecule is N#CN1CCC(c2cc(-c3ccc(-c4ccccc4)nc3)n[nH]2)C1. The number of aromatic nitrogens is 3. The van der Waals surface area contributed by atoms with Crippen LogP contribution in [0, 0.1) is 11.5 Å². The molecule has 1 aliphatic rings. The van der Waals surface area contributed by atoms with Crippen LogP contribution in [0.25, 0.3) is 22.5 Å². The molecule has 1 N–H and O–H groups in total. The highest BCUT2D eigenvalue weighted by Gasteiger charge is 2.24. The number of nitrogens with zero attached hydrogens (tertiary/aromatic N) is 4. The van der Waals surface area contributed by atoms with E-state index in [1.54, 1.807) is 4.90 Å². The van der Waals surface area contributed by atoms with Crippen molar-refractivity contribution in [2.24, 2.45) is 0 Å². The smallest absolute Gasteiger partial charge is 0.179 e. The Balaban J connectivity index is 1.54. The van der Waals surface area contributed by atoms with Crippen LogP contribution >= 0.6 is 0 Å². The average Bonchev–Trinajstić information content (AvgIpc) is 3.32. The Morgan fingerprint density at radius 1 is 1.08 bits per heavy atom. The molecule has 118 valence electrons. The van der Waals surface area contributed by atoms with Gasteiger partial charge in [-0.15, -0.1) is 0 Å². The largest absolute Gasteiger partial charge is 0.310 e. The molecular weight excluding hydrogens is 298 g/mol. The predicted octanol–water partition coefficient (Wildman–Crippen LogP) is 3.41. The standard InChI is InChI=1S/C19H17N5/c20-13-24-9-8-16(12-24)19-10-18(22-23-19)15-6-7-17(21-11-15)14-4-2-1-3-5-14/h1-7,10-11,16H,8-9,12H2,(H,22,23). The van der Waals surface area contributed by atoms with Crippen LogP contribution < -0.4 is 0 Å². The molecule has 2 aromatic heterocycles. The molecule has 1 saturated heterocycles. The van der Waals surface area contributed by atoms with Gasteiger partial charge in [-0.3, -0.25) is 10.1 Å². The number of rotatable bonds is 3. The third kappa shape index (κ3) is 2.74. The van der Waals surface area contributed by atoms with Crippen molar-refractivity contribution in [1.29, 1.82) is 5.26 Å². The van der Waals surface area contributed by atoms with E-state index in [4.69, 9.17) is 5.26 Å². The second kappa shape index (κ2) is 6.17. The quantitative estimate of drug-likeness (QED) is 0.752. The first kappa shape index (κ1) is 14.5. The maximum Gasteiger partial charge on any atom is 0.179 e. The summed E-state index contributed by atoms with van der Waals surface area (Å²) in [5.41, 5.74) is 5.04. The van der Waals surface area contributed by atoms with E-state index in [-0.39, 0.29) is 0 Å². The molecule has 0 bridgehead atoms. The minimum absolute atomic E-state index is 0.349. The summed E-state index contributed by atoms with van der Waals surface area (Å²) in [4.78, 5) is 6.35. The van der Waals surface area contributed by atoms with Crippen LogP contribution in [-0.4, -0.2) is 33.2 Å². The van der Waals surface area contributed by atoms with Gasteiger partial charge in [0.25, 0.3) is 0 Å². The van der Waals surface area contributed by atoms with Crippen molar-refractivity contribution in [3.05, 3.63) is 60.4 Å². The second-order valence-corrected chi connectivity index (χ2v) is 6.04. The molecule has 0 saturated carbocycles. The van der Waals surface area contributed by atoms with E-state index in [2.05, 4.69) is 39.6 Å². The zero-order chi connectivity index (χ0) is 16.4. The Morgan fingerprint density at radius 3 is 2.67 bits per heavy atom. The summed E-state index contributed by atoms with van der Waals surface area (Å²) in [5, 5.41) is 16.5. The highest BCUT2D eigenvalue weighted by Crippen LogP contribution is 2.28. The lowest BCUT2D eigenvalue weighted by atomic mass is 10.0. The lowest BCUT2D eigenvalue weighted by molar-refractivity contribution is 0.478. The van der Waals surface area contributed by atoms with Crippen LogP contribution in [0.2, 0.25) is 0 Å². The number of nitrogens with one attached hydrogen (secondary N) is 1. The number of aromatic amines is 1. The monoisotopic (exact) mass is 315 g/mol. The molecule has 1 atom stereocenters. The topological polar surface area (TPSA) is 68.6 Å². The molecule has 24 heavy (non-hydrogen) atoms. The molecule has 1 aliphatic heterocycles. The Bertz CT molecular complexity index is 861. The van der Waals surface area contributed by atoms with E-state index in [0.29, 0.717) is 5.92 Å². The zero-order valence-corrected chi connectivity index (χ0v) is 13.2. The van der Waals surface area contributed by atoms with E-state index in [9.17, 15) is 0 Å². The van der Waals surface area contributed by atoms with Crippen molar-refractivity contribution in [2.75, 3.05) is 13.1 Å². The summed E-state index contributed by atoms with van der Waals surface area (Å²) >= 11 is 0. The number of pyridine rings is 1. The Kier molecular flexibility index (Phi) is 3.72. The van der Waals surface area contributed by atoms with E-state index in [1.807, 2.05) is 36.5 Å². The summed E-state index contributed by atoms with van der Waals surface area (Å²) in [5.74, 6) is 0.349. The summed E-state index contributed by atoms with van der Waals surface area (Å²) in [7, 11) is 0. The van der Waals surface area contributed by atoms with Crippen molar-refractivity contribution in [2.45, 2.75) is 12.3 Å². The first-order valence-electron chi connectivity index (χ1n) is 8.05. The van der Waals surface area contributed by atoms with E-state index in [0.717, 1.165) is 47.7 Å². The number of H-pyrrole nitrogens is 1. The van der Waals surface area contributed by atoms with Gasteiger partial charge in [0.2, 0.25) is 0 Å². The predicted molar refractivity (Wildman–Crippen MR) is 91.8 cm³/mol. The van der Waals surface area contributed by atoms with Crippen molar-refractivity contribution in [1.82, 2.24) is 20.1 Å². The van der Waals surface area contributed by atoms with E-state index in [1.165, 1.54) is 0 Å². The molecular formula is C19H17N5. The van der Waals surface area contributed by atoms with Gasteiger partial charge in [0.1, 0.15) is 0 Å². The third-order valence-corrected chi connectivity index (χ3v) is 4.50. The van der Waals surface area contributed by atoms with Crippen molar-refractivity contribution < 1.29 is 0 Å². The summed E-state index contributed by atoms with van der Waals surface area (Å²) in [6.07, 6.45) is 5.06. The normalized spacial score (nSPS) is 17.0. The number of hydrogen-bond donors (Lipinski definition) is 1. The van der Waals surface area contributed by atoms with Gasteiger partial charge >= 0.3 is 0 Å². The molecule has 0 aliphatic carbocycles. The molecule has 1 unspecified atom stereocenters. The molecule has 3 heterocycles. The highest BCUT2D eigenvalue weighted by atomic mass is 15.2. The van der Waals surface area contributed by atoms with Crippen LogP contribution in [0.4, 0.5) is 0 Å². The van der Waals surface area contributed by atoms with E-state index >= 15 is 0 Å². The lowest BCUT2D eigenvalue weighted by Gasteiger charge is -2.06. The molecule has 5 heteroatoms. The number of nitriles is 1. The van der Waals surface area contributed by atoms with Gasteiger partial charge in [-0.05, 0) is 24.6 Å². The van der Waals surface area contributed by atoms with Crippen molar-refractivity contribution >= 4 is 0 Å². The number of hydrogen-bond acceptors (Lipinski definition) is 4. The third-order valence-electron chi connectivity index (χ3n) is 4.50. The average molecular weight is 315 g/mol. The fourth-order valence-corrected chi connectivity index (χ4v) is 3.12. The number of likely N-dealkylation sites (tertiary alicyclic amines) is 1. The van der Waals surface area contributed by atoms with Gasteiger partial charge in [0.15, 0.2) is 6.19 Å². The van der Waals surface area contributed by atoms with Gasteiger partial charge < -0.3 is 4.90 Å². The summed E-state index contributed by atoms with van der Waals surface area (Å²) in [6.45, 7) is 1.59. The fourth-order valence-electron chi connectivity index (χ4n) is 3.12.